The van der Waals surface area contributed by atoms with E-state index in [1.54, 1.807) is 19.1 Å². The number of esters is 2. The van der Waals surface area contributed by atoms with Gasteiger partial charge in [0.2, 0.25) is 0 Å². The number of aryl methyl sites for hydroxylation is 1. The molecule has 0 bridgehead atoms. The minimum atomic E-state index is -0.819. The topological polar surface area (TPSA) is 106 Å². The summed E-state index contributed by atoms with van der Waals surface area (Å²) in [5.41, 5.74) is 0.534. The second-order valence-electron chi connectivity index (χ2n) is 4.33. The highest BCUT2D eigenvalue weighted by atomic mass is 16.6. The molecule has 0 saturated heterocycles. The number of rotatable bonds is 2. The molecule has 110 valence electrons. The molecule has 0 fully saturated rings. The maximum absolute atomic E-state index is 12.3. The molecule has 2 rings (SSSR count). The highest BCUT2D eigenvalue weighted by Crippen LogP contribution is 2.23. The summed E-state index contributed by atoms with van der Waals surface area (Å²) in [7, 11) is 0. The van der Waals surface area contributed by atoms with E-state index in [1.165, 1.54) is 6.07 Å². The molecule has 0 spiro atoms. The van der Waals surface area contributed by atoms with Crippen molar-refractivity contribution in [3.05, 3.63) is 34.2 Å². The largest absolute Gasteiger partial charge is 0.615 e. The Morgan fingerprint density at radius 3 is 2.05 bits per heavy atom. The second kappa shape index (κ2) is 5.23. The van der Waals surface area contributed by atoms with Crippen molar-refractivity contribution in [1.29, 1.82) is 0 Å². The summed E-state index contributed by atoms with van der Waals surface area (Å²) in [6, 6.07) is 4.60. The Hall–Kier alpha value is -2.90. The van der Waals surface area contributed by atoms with Crippen molar-refractivity contribution in [2.45, 2.75) is 20.8 Å². The number of ether oxygens (including phenoxy) is 2. The van der Waals surface area contributed by atoms with Crippen LogP contribution in [-0.2, 0) is 9.59 Å². The number of aromatic nitrogens is 2. The molecule has 0 radical (unpaired) electrons. The van der Waals surface area contributed by atoms with Gasteiger partial charge in [-0.3, -0.25) is 9.59 Å². The van der Waals surface area contributed by atoms with E-state index in [4.69, 9.17) is 9.47 Å². The van der Waals surface area contributed by atoms with Gasteiger partial charge in [0.05, 0.1) is 0 Å². The van der Waals surface area contributed by atoms with E-state index in [1.807, 2.05) is 0 Å². The molecule has 0 N–H and O–H groups in total. The van der Waals surface area contributed by atoms with Crippen LogP contribution in [0.1, 0.15) is 19.4 Å². The quantitative estimate of drug-likeness (QED) is 0.446. The molecule has 0 atom stereocenters. The van der Waals surface area contributed by atoms with Crippen LogP contribution in [0.5, 0.6) is 11.8 Å². The fourth-order valence-corrected chi connectivity index (χ4v) is 1.90. The fourth-order valence-electron chi connectivity index (χ4n) is 1.90. The van der Waals surface area contributed by atoms with Gasteiger partial charge in [0.25, 0.3) is 11.0 Å². The van der Waals surface area contributed by atoms with Crippen LogP contribution in [0.25, 0.3) is 11.0 Å². The molecule has 0 amide bonds. The average Bonchev–Trinajstić information content (AvgIpc) is 2.39. The minimum absolute atomic E-state index is 0.00264. The van der Waals surface area contributed by atoms with Crippen LogP contribution in [0.15, 0.2) is 18.2 Å². The number of carbonyl (C=O) groups is 2. The average molecular weight is 292 g/mol. The third-order valence-electron chi connectivity index (χ3n) is 2.67. The lowest BCUT2D eigenvalue weighted by atomic mass is 10.2. The SMILES string of the molecule is CC(=O)Oc1c(OC(C)=O)[n+]([O-])c2c(C)cccc2[n+]1[O-]. The summed E-state index contributed by atoms with van der Waals surface area (Å²) < 4.78 is 9.96. The molecular weight excluding hydrogens is 280 g/mol. The van der Waals surface area contributed by atoms with Gasteiger partial charge in [-0.2, -0.15) is 0 Å². The van der Waals surface area contributed by atoms with Crippen molar-refractivity contribution in [1.82, 2.24) is 0 Å². The standard InChI is InChI=1S/C13H12N2O6/c1-7-5-4-6-10-11(7)15(19)13(21-9(3)17)12(14(10)18)20-8(2)16/h4-6H,1-3H3. The van der Waals surface area contributed by atoms with Crippen molar-refractivity contribution in [2.75, 3.05) is 0 Å². The Labute approximate surface area is 119 Å². The van der Waals surface area contributed by atoms with Gasteiger partial charge in [-0.1, -0.05) is 12.1 Å². The summed E-state index contributed by atoms with van der Waals surface area (Å²) in [5.74, 6) is -2.98. The van der Waals surface area contributed by atoms with Crippen LogP contribution >= 0.6 is 0 Å². The predicted octanol–water partition coefficient (Wildman–Crippen LogP) is 0.266. The van der Waals surface area contributed by atoms with Crippen LogP contribution in [0.3, 0.4) is 0 Å². The zero-order valence-electron chi connectivity index (χ0n) is 11.6. The van der Waals surface area contributed by atoms with Crippen LogP contribution in [0.2, 0.25) is 0 Å². The number of benzene rings is 1. The van der Waals surface area contributed by atoms with E-state index in [0.717, 1.165) is 13.8 Å². The smallest absolute Gasteiger partial charge is 0.506 e. The zero-order valence-corrected chi connectivity index (χ0v) is 11.6. The summed E-state index contributed by atoms with van der Waals surface area (Å²) in [4.78, 5) is 22.2. The van der Waals surface area contributed by atoms with Gasteiger partial charge >= 0.3 is 23.7 Å². The third kappa shape index (κ3) is 2.55. The molecule has 0 aliphatic rings. The first-order valence-corrected chi connectivity index (χ1v) is 5.98. The lowest BCUT2D eigenvalue weighted by Crippen LogP contribution is -2.42. The molecule has 2 aromatic rings. The lowest BCUT2D eigenvalue weighted by Gasteiger charge is -2.11. The molecule has 0 aliphatic heterocycles. The van der Waals surface area contributed by atoms with Gasteiger partial charge in [0.15, 0.2) is 0 Å². The predicted molar refractivity (Wildman–Crippen MR) is 69.2 cm³/mol. The van der Waals surface area contributed by atoms with E-state index in [9.17, 15) is 20.0 Å². The van der Waals surface area contributed by atoms with Crippen LogP contribution in [-0.4, -0.2) is 11.9 Å². The third-order valence-corrected chi connectivity index (χ3v) is 2.67. The van der Waals surface area contributed by atoms with Gasteiger partial charge < -0.3 is 19.9 Å². The molecule has 8 heteroatoms. The highest BCUT2D eigenvalue weighted by Gasteiger charge is 2.35. The summed E-state index contributed by atoms with van der Waals surface area (Å²) in [5, 5.41) is 24.6. The summed E-state index contributed by atoms with van der Waals surface area (Å²) >= 11 is 0. The van der Waals surface area contributed by atoms with E-state index >= 15 is 0 Å². The molecule has 1 aromatic carbocycles. The lowest BCUT2D eigenvalue weighted by molar-refractivity contribution is -0.636. The molecule has 1 aromatic heterocycles. The van der Waals surface area contributed by atoms with Crippen molar-refractivity contribution in [3.63, 3.8) is 0 Å². The number of hydrogen-bond acceptors (Lipinski definition) is 6. The first-order valence-electron chi connectivity index (χ1n) is 5.98. The number of carbonyl (C=O) groups excluding carboxylic acids is 2. The van der Waals surface area contributed by atoms with Crippen LogP contribution < -0.4 is 18.9 Å². The Morgan fingerprint density at radius 2 is 1.52 bits per heavy atom. The monoisotopic (exact) mass is 292 g/mol. The Balaban J connectivity index is 2.88. The first kappa shape index (κ1) is 14.5. The number of para-hydroxylation sites is 1. The van der Waals surface area contributed by atoms with Gasteiger partial charge in [-0.25, -0.2) is 0 Å². The van der Waals surface area contributed by atoms with Gasteiger partial charge in [0, 0.05) is 25.5 Å². The maximum atomic E-state index is 12.3. The van der Waals surface area contributed by atoms with Crippen molar-refractivity contribution >= 4 is 23.0 Å². The summed E-state index contributed by atoms with van der Waals surface area (Å²) in [6.45, 7) is 3.75. The van der Waals surface area contributed by atoms with Gasteiger partial charge in [-0.15, -0.1) is 9.46 Å². The zero-order chi connectivity index (χ0) is 15.7. The van der Waals surface area contributed by atoms with Crippen LogP contribution in [0, 0.1) is 17.3 Å². The van der Waals surface area contributed by atoms with Crippen molar-refractivity contribution in [2.24, 2.45) is 0 Å². The number of hydrogen-bond donors (Lipinski definition) is 0. The van der Waals surface area contributed by atoms with Crippen LogP contribution in [0.4, 0.5) is 0 Å². The van der Waals surface area contributed by atoms with Gasteiger partial charge in [0.1, 0.15) is 0 Å². The second-order valence-corrected chi connectivity index (χ2v) is 4.33. The first-order chi connectivity index (χ1) is 9.82. The molecule has 8 nitrogen and oxygen atoms in total. The van der Waals surface area contributed by atoms with Crippen molar-refractivity contribution in [3.8, 4) is 11.8 Å². The van der Waals surface area contributed by atoms with E-state index in [-0.39, 0.29) is 20.5 Å². The molecule has 1 heterocycles. The Morgan fingerprint density at radius 1 is 1.00 bits per heavy atom. The summed E-state index contributed by atoms with van der Waals surface area (Å²) in [6.07, 6.45) is 0. The van der Waals surface area contributed by atoms with Gasteiger partial charge in [-0.05, 0) is 6.92 Å². The number of nitrogens with zero attached hydrogens (tertiary/aromatic N) is 2. The maximum Gasteiger partial charge on any atom is 0.506 e. The van der Waals surface area contributed by atoms with E-state index in [2.05, 4.69) is 0 Å². The van der Waals surface area contributed by atoms with E-state index < -0.39 is 23.7 Å². The molecule has 0 unspecified atom stereocenters. The Bertz CT molecular complexity index is 756. The van der Waals surface area contributed by atoms with Crippen molar-refractivity contribution < 1.29 is 28.5 Å². The minimum Gasteiger partial charge on any atom is -0.615 e. The number of fused-ring (bicyclic) bond motifs is 1. The molecule has 21 heavy (non-hydrogen) atoms. The normalized spacial score (nSPS) is 10.4. The Kier molecular flexibility index (Phi) is 3.62. The van der Waals surface area contributed by atoms with E-state index in [0.29, 0.717) is 5.56 Å². The fraction of sp³-hybridized carbons (Fsp3) is 0.231. The molecular formula is C13H12N2O6. The highest BCUT2D eigenvalue weighted by molar-refractivity contribution is 5.75. The molecule has 0 saturated carbocycles. The molecule has 0 aliphatic carbocycles.